The van der Waals surface area contributed by atoms with Crippen molar-refractivity contribution in [2.45, 2.75) is 32.0 Å². The summed E-state index contributed by atoms with van der Waals surface area (Å²) in [5.74, 6) is 0. The first-order valence-electron chi connectivity index (χ1n) is 12.6. The molecule has 3 heterocycles. The summed E-state index contributed by atoms with van der Waals surface area (Å²) in [5, 5.41) is 3.74. The first-order valence-corrected chi connectivity index (χ1v) is 13.0. The van der Waals surface area contributed by atoms with Crippen molar-refractivity contribution in [2.75, 3.05) is 33.2 Å². The average molecular weight is 521 g/mol. The Kier molecular flexibility index (Phi) is 7.33. The van der Waals surface area contributed by atoms with E-state index in [1.807, 2.05) is 49.9 Å². The molecule has 2 aromatic heterocycles. The summed E-state index contributed by atoms with van der Waals surface area (Å²) in [6.45, 7) is 7.50. The maximum Gasteiger partial charge on any atom is 0.408 e. The number of piperazine rings is 1. The molecule has 194 valence electrons. The molecule has 3 aromatic rings. The van der Waals surface area contributed by atoms with Gasteiger partial charge in [0, 0.05) is 44.4 Å². The van der Waals surface area contributed by atoms with E-state index in [1.54, 1.807) is 12.5 Å². The monoisotopic (exact) mass is 520 g/mol. The van der Waals surface area contributed by atoms with Crippen LogP contribution in [-0.4, -0.2) is 69.8 Å². The summed E-state index contributed by atoms with van der Waals surface area (Å²) >= 11 is 6.60. The zero-order valence-corrected chi connectivity index (χ0v) is 22.4. The van der Waals surface area contributed by atoms with Gasteiger partial charge in [-0.05, 0) is 67.4 Å². The molecule has 0 radical (unpaired) electrons. The first kappa shape index (κ1) is 25.4. The van der Waals surface area contributed by atoms with Gasteiger partial charge in [-0.3, -0.25) is 9.88 Å². The lowest BCUT2D eigenvalue weighted by atomic mass is 9.90. The van der Waals surface area contributed by atoms with Gasteiger partial charge in [-0.1, -0.05) is 23.7 Å². The second-order valence-corrected chi connectivity index (χ2v) is 10.4. The van der Waals surface area contributed by atoms with Crippen molar-refractivity contribution in [1.82, 2.24) is 29.7 Å². The van der Waals surface area contributed by atoms with Crippen LogP contribution in [0.2, 0.25) is 5.02 Å². The number of likely N-dealkylation sites (N-methyl/N-ethyl adjacent to an activating group) is 1. The number of nitrogens with zero attached hydrogens (tertiary/aromatic N) is 5. The number of halogens is 1. The highest BCUT2D eigenvalue weighted by Crippen LogP contribution is 2.44. The van der Waals surface area contributed by atoms with E-state index in [4.69, 9.17) is 21.3 Å². The van der Waals surface area contributed by atoms with Gasteiger partial charge in [-0.2, -0.15) is 0 Å². The van der Waals surface area contributed by atoms with Crippen molar-refractivity contribution in [3.63, 3.8) is 0 Å². The largest absolute Gasteiger partial charge is 0.447 e. The fourth-order valence-corrected chi connectivity index (χ4v) is 5.37. The molecule has 0 bridgehead atoms. The number of pyridine rings is 1. The molecule has 2 atom stereocenters. The molecule has 1 aliphatic carbocycles. The molecule has 1 aromatic carbocycles. The summed E-state index contributed by atoms with van der Waals surface area (Å²) in [5.41, 5.74) is 5.85. The number of amides is 1. The quantitative estimate of drug-likeness (QED) is 0.532. The van der Waals surface area contributed by atoms with Gasteiger partial charge < -0.3 is 19.5 Å². The number of ether oxygens (including phenoxy) is 1. The Bertz CT molecular complexity index is 1310. The number of carbonyl (C=O) groups excluding carboxylic acids is 1. The van der Waals surface area contributed by atoms with Gasteiger partial charge in [0.1, 0.15) is 0 Å². The maximum absolute atomic E-state index is 12.9. The minimum absolute atomic E-state index is 0.0410. The average Bonchev–Trinajstić information content (AvgIpc) is 3.23. The molecule has 9 heteroatoms. The summed E-state index contributed by atoms with van der Waals surface area (Å²) in [6.07, 6.45) is 6.75. The van der Waals surface area contributed by atoms with Gasteiger partial charge in [-0.15, -0.1) is 0 Å². The lowest BCUT2D eigenvalue weighted by Crippen LogP contribution is -2.46. The second kappa shape index (κ2) is 10.7. The van der Waals surface area contributed by atoms with Crippen LogP contribution in [0.25, 0.3) is 11.6 Å². The Hall–Kier alpha value is -3.20. The summed E-state index contributed by atoms with van der Waals surface area (Å²) in [7, 11) is 4.08. The summed E-state index contributed by atoms with van der Waals surface area (Å²) in [4.78, 5) is 27.0. The molecule has 1 fully saturated rings. The lowest BCUT2D eigenvalue weighted by Gasteiger charge is -2.38. The molecule has 1 aliphatic heterocycles. The van der Waals surface area contributed by atoms with Gasteiger partial charge in [0.15, 0.2) is 0 Å². The van der Waals surface area contributed by atoms with Gasteiger partial charge in [-0.25, -0.2) is 9.78 Å². The Balaban J connectivity index is 1.70. The maximum atomic E-state index is 12.9. The van der Waals surface area contributed by atoms with Crippen molar-refractivity contribution in [1.29, 1.82) is 0 Å². The Morgan fingerprint density at radius 1 is 1.16 bits per heavy atom. The molecule has 1 unspecified atom stereocenters. The molecular formula is C28H33ClN6O2. The molecule has 5 rings (SSSR count). The Morgan fingerprint density at radius 2 is 1.95 bits per heavy atom. The highest BCUT2D eigenvalue weighted by molar-refractivity contribution is 6.30. The molecule has 37 heavy (non-hydrogen) atoms. The Morgan fingerprint density at radius 3 is 2.65 bits per heavy atom. The summed E-state index contributed by atoms with van der Waals surface area (Å²) < 4.78 is 7.41. The van der Waals surface area contributed by atoms with E-state index >= 15 is 0 Å². The predicted molar refractivity (Wildman–Crippen MR) is 145 cm³/mol. The fraction of sp³-hybridized carbons (Fsp3) is 0.393. The molecule has 1 amide bonds. The molecule has 1 saturated heterocycles. The van der Waals surface area contributed by atoms with Crippen LogP contribution >= 0.6 is 11.6 Å². The van der Waals surface area contributed by atoms with Crippen LogP contribution in [0.3, 0.4) is 0 Å². The third kappa shape index (κ3) is 5.28. The molecule has 2 aliphatic rings. The number of hydrogen-bond acceptors (Lipinski definition) is 6. The van der Waals surface area contributed by atoms with E-state index in [1.165, 1.54) is 0 Å². The minimum atomic E-state index is -0.518. The number of fused-ring (bicyclic) bond motifs is 2. The van der Waals surface area contributed by atoms with Crippen LogP contribution in [0.15, 0.2) is 49.1 Å². The Labute approximate surface area is 222 Å². The molecule has 0 spiro atoms. The highest BCUT2D eigenvalue weighted by atomic mass is 35.5. The van der Waals surface area contributed by atoms with Crippen molar-refractivity contribution in [3.05, 3.63) is 82.2 Å². The minimum Gasteiger partial charge on any atom is -0.447 e. The number of nitrogens with one attached hydrogen (secondary N) is 1. The number of aryl methyl sites for hydroxylation is 1. The van der Waals surface area contributed by atoms with Crippen molar-refractivity contribution in [3.8, 4) is 0 Å². The van der Waals surface area contributed by atoms with Crippen LogP contribution in [-0.2, 0) is 11.8 Å². The fourth-order valence-electron chi connectivity index (χ4n) is 5.20. The zero-order valence-electron chi connectivity index (χ0n) is 21.7. The smallest absolute Gasteiger partial charge is 0.408 e. The lowest BCUT2D eigenvalue weighted by molar-refractivity contribution is 0.114. The molecule has 1 N–H and O–H groups in total. The van der Waals surface area contributed by atoms with E-state index in [0.717, 1.165) is 59.8 Å². The molecular weight excluding hydrogens is 488 g/mol. The van der Waals surface area contributed by atoms with Crippen molar-refractivity contribution in [2.24, 2.45) is 7.05 Å². The summed E-state index contributed by atoms with van der Waals surface area (Å²) in [6, 6.07) is 9.52. The second-order valence-electron chi connectivity index (χ2n) is 10.0. The van der Waals surface area contributed by atoms with Gasteiger partial charge >= 0.3 is 6.09 Å². The van der Waals surface area contributed by atoms with E-state index in [2.05, 4.69) is 45.4 Å². The van der Waals surface area contributed by atoms with Crippen LogP contribution in [0.5, 0.6) is 0 Å². The van der Waals surface area contributed by atoms with Gasteiger partial charge in [0.05, 0.1) is 42.1 Å². The highest BCUT2D eigenvalue weighted by Gasteiger charge is 2.35. The molecule has 8 nitrogen and oxygen atoms in total. The number of benzene rings is 1. The number of carbonyl (C=O) groups is 1. The van der Waals surface area contributed by atoms with E-state index in [0.29, 0.717) is 5.02 Å². The van der Waals surface area contributed by atoms with Crippen LogP contribution < -0.4 is 5.32 Å². The number of alkyl carbamates (subject to hydrolysis) is 1. The number of hydrogen-bond donors (Lipinski definition) is 1. The van der Waals surface area contributed by atoms with E-state index < -0.39 is 12.1 Å². The van der Waals surface area contributed by atoms with Crippen LogP contribution in [0.1, 0.15) is 54.0 Å². The SMILES string of the molecule is CC(C)OC(=O)NC(C1=Cc2cccnc2[C@@H](N2CCN(C)CC2)c2ccc(Cl)cc21)c1cncn1C. The predicted octanol–water partition coefficient (Wildman–Crippen LogP) is 4.54. The number of rotatable bonds is 5. The number of aromatic nitrogens is 3. The van der Waals surface area contributed by atoms with Crippen LogP contribution in [0, 0.1) is 0 Å². The van der Waals surface area contributed by atoms with Crippen LogP contribution in [0.4, 0.5) is 4.79 Å². The van der Waals surface area contributed by atoms with E-state index in [9.17, 15) is 4.79 Å². The number of imidazole rings is 1. The van der Waals surface area contributed by atoms with Gasteiger partial charge in [0.2, 0.25) is 0 Å². The first-order chi connectivity index (χ1) is 17.8. The van der Waals surface area contributed by atoms with Crippen molar-refractivity contribution >= 4 is 29.3 Å². The standard InChI is InChI=1S/C28H33ClN6O2/c1-18(2)37-28(36)32-26(24-16-30-17-34(24)4)23-14-19-6-5-9-31-25(19)27(35-12-10-33(3)11-13-35)21-8-7-20(29)15-22(21)23/h5-9,14-18,26-27H,10-13H2,1-4H3,(H,32,36)/t26?,27-/m0/s1. The third-order valence-corrected chi connectivity index (χ3v) is 7.27. The third-order valence-electron chi connectivity index (χ3n) is 7.03. The van der Waals surface area contributed by atoms with Crippen molar-refractivity contribution < 1.29 is 9.53 Å². The zero-order chi connectivity index (χ0) is 26.1. The topological polar surface area (TPSA) is 75.5 Å². The normalized spacial score (nSPS) is 19.0. The van der Waals surface area contributed by atoms with E-state index in [-0.39, 0.29) is 12.1 Å². The van der Waals surface area contributed by atoms with Gasteiger partial charge in [0.25, 0.3) is 0 Å². The molecule has 0 saturated carbocycles.